The number of hydrogen-bond donors (Lipinski definition) is 0. The van der Waals surface area contributed by atoms with Crippen LogP contribution >= 0.6 is 0 Å². The van der Waals surface area contributed by atoms with Gasteiger partial charge in [-0.3, -0.25) is 0 Å². The fourth-order valence-corrected chi connectivity index (χ4v) is 3.71. The molecule has 1 aliphatic rings. The maximum Gasteiger partial charge on any atom is 0.340 e. The normalized spacial score (nSPS) is 19.2. The first-order chi connectivity index (χ1) is 13.3. The van der Waals surface area contributed by atoms with Crippen molar-refractivity contribution < 1.29 is 14.3 Å². The van der Waals surface area contributed by atoms with Crippen molar-refractivity contribution in [2.24, 2.45) is 0 Å². The smallest absolute Gasteiger partial charge is 0.340 e. The Balaban J connectivity index is 2.05. The molecule has 0 radical (unpaired) electrons. The van der Waals surface area contributed by atoms with Gasteiger partial charge in [0.1, 0.15) is 0 Å². The van der Waals surface area contributed by atoms with Gasteiger partial charge in [0.2, 0.25) is 0 Å². The monoisotopic (exact) mass is 356 g/mol. The van der Waals surface area contributed by atoms with Gasteiger partial charge in [-0.1, -0.05) is 91.0 Å². The third-order valence-corrected chi connectivity index (χ3v) is 4.84. The topological polar surface area (TPSA) is 35.5 Å². The van der Waals surface area contributed by atoms with Gasteiger partial charge in [0, 0.05) is 18.2 Å². The predicted octanol–water partition coefficient (Wildman–Crippen LogP) is 4.70. The highest BCUT2D eigenvalue weighted by Gasteiger charge is 2.50. The van der Waals surface area contributed by atoms with Crippen LogP contribution in [0.25, 0.3) is 11.1 Å². The highest BCUT2D eigenvalue weighted by molar-refractivity contribution is 6.28. The van der Waals surface area contributed by atoms with Crippen LogP contribution in [-0.4, -0.2) is 19.7 Å². The Morgan fingerprint density at radius 1 is 0.778 bits per heavy atom. The molecule has 1 atom stereocenters. The number of esters is 1. The Hall–Kier alpha value is -3.17. The van der Waals surface area contributed by atoms with Gasteiger partial charge in [0.05, 0.1) is 12.2 Å². The van der Waals surface area contributed by atoms with Crippen LogP contribution in [0.15, 0.2) is 91.0 Å². The van der Waals surface area contributed by atoms with Gasteiger partial charge in [-0.15, -0.1) is 0 Å². The number of carbonyl (C=O) groups is 1. The summed E-state index contributed by atoms with van der Waals surface area (Å²) in [6, 6.07) is 29.4. The summed E-state index contributed by atoms with van der Waals surface area (Å²) in [5, 5.41) is 0. The molecule has 0 amide bonds. The molecule has 1 heterocycles. The van der Waals surface area contributed by atoms with Crippen LogP contribution in [-0.2, 0) is 19.9 Å². The molecule has 0 fully saturated rings. The molecule has 0 saturated heterocycles. The lowest BCUT2D eigenvalue weighted by Crippen LogP contribution is -2.34. The molecule has 3 aromatic rings. The minimum absolute atomic E-state index is 0.239. The number of ether oxygens (including phenoxy) is 2. The predicted molar refractivity (Wildman–Crippen MR) is 106 cm³/mol. The Kier molecular flexibility index (Phi) is 4.61. The molecule has 0 saturated carbocycles. The van der Waals surface area contributed by atoms with Crippen molar-refractivity contribution in [1.82, 2.24) is 0 Å². The van der Waals surface area contributed by atoms with Crippen molar-refractivity contribution in [3.05, 3.63) is 108 Å². The molecule has 1 aliphatic heterocycles. The highest BCUT2D eigenvalue weighted by atomic mass is 16.6. The number of methoxy groups -OCH3 is 1. The zero-order chi connectivity index (χ0) is 18.7. The third kappa shape index (κ3) is 2.96. The number of cyclic esters (lactones) is 1. The summed E-state index contributed by atoms with van der Waals surface area (Å²) in [4.78, 5) is 13.1. The standard InChI is InChI=1S/C24H20O3/c1-26-17-24(20-15-9-4-10-16-20)22(19-13-7-3-8-14-19)21(23(25)27-24)18-11-5-2-6-12-18/h2-16H,17H2,1H3. The zero-order valence-corrected chi connectivity index (χ0v) is 15.1. The van der Waals surface area contributed by atoms with Gasteiger partial charge < -0.3 is 9.47 Å². The van der Waals surface area contributed by atoms with Crippen LogP contribution < -0.4 is 0 Å². The summed E-state index contributed by atoms with van der Waals surface area (Å²) in [5.41, 5.74) is 3.12. The molecule has 1 unspecified atom stereocenters. The number of carbonyl (C=O) groups excluding carboxylic acids is 1. The quantitative estimate of drug-likeness (QED) is 0.622. The molecule has 134 valence electrons. The van der Waals surface area contributed by atoms with E-state index in [2.05, 4.69) is 0 Å². The lowest BCUT2D eigenvalue weighted by molar-refractivity contribution is -0.148. The van der Waals surface area contributed by atoms with E-state index in [1.807, 2.05) is 91.0 Å². The van der Waals surface area contributed by atoms with Crippen LogP contribution in [0.4, 0.5) is 0 Å². The maximum absolute atomic E-state index is 13.1. The average molecular weight is 356 g/mol. The molecular formula is C24H20O3. The number of rotatable bonds is 5. The molecule has 0 bridgehead atoms. The van der Waals surface area contributed by atoms with Crippen molar-refractivity contribution in [2.75, 3.05) is 13.7 Å². The summed E-state index contributed by atoms with van der Waals surface area (Å²) in [5.74, 6) is -0.332. The summed E-state index contributed by atoms with van der Waals surface area (Å²) in [7, 11) is 1.63. The lowest BCUT2D eigenvalue weighted by atomic mass is 9.80. The first kappa shape index (κ1) is 17.3. The third-order valence-electron chi connectivity index (χ3n) is 4.84. The molecule has 3 aromatic carbocycles. The Morgan fingerprint density at radius 2 is 1.30 bits per heavy atom. The van der Waals surface area contributed by atoms with Gasteiger partial charge in [0.25, 0.3) is 0 Å². The average Bonchev–Trinajstić information content (AvgIpc) is 3.03. The molecule has 0 N–H and O–H groups in total. The number of hydrogen-bond acceptors (Lipinski definition) is 3. The van der Waals surface area contributed by atoms with E-state index in [1.165, 1.54) is 0 Å². The van der Waals surface area contributed by atoms with Crippen molar-refractivity contribution >= 4 is 17.1 Å². The Bertz CT molecular complexity index is 962. The molecule has 4 rings (SSSR count). The Labute approximate surface area is 158 Å². The van der Waals surface area contributed by atoms with Gasteiger partial charge in [-0.2, -0.15) is 0 Å². The molecule has 27 heavy (non-hydrogen) atoms. The van der Waals surface area contributed by atoms with Crippen LogP contribution in [0, 0.1) is 0 Å². The molecule has 0 aliphatic carbocycles. The van der Waals surface area contributed by atoms with E-state index in [1.54, 1.807) is 7.11 Å². The number of benzene rings is 3. The molecule has 3 nitrogen and oxygen atoms in total. The SMILES string of the molecule is COCC1(c2ccccc2)OC(=O)C(c2ccccc2)=C1c1ccccc1. The lowest BCUT2D eigenvalue weighted by Gasteiger charge is -2.31. The van der Waals surface area contributed by atoms with Gasteiger partial charge in [-0.25, -0.2) is 4.79 Å². The summed E-state index contributed by atoms with van der Waals surface area (Å²) < 4.78 is 11.6. The minimum Gasteiger partial charge on any atom is -0.443 e. The highest BCUT2D eigenvalue weighted by Crippen LogP contribution is 2.50. The van der Waals surface area contributed by atoms with Crippen LogP contribution in [0.1, 0.15) is 16.7 Å². The molecule has 3 heteroatoms. The first-order valence-corrected chi connectivity index (χ1v) is 8.89. The molecule has 0 aromatic heterocycles. The van der Waals surface area contributed by atoms with E-state index in [0.29, 0.717) is 5.57 Å². The van der Waals surface area contributed by atoms with Gasteiger partial charge in [0.15, 0.2) is 5.60 Å². The van der Waals surface area contributed by atoms with Crippen LogP contribution in [0.5, 0.6) is 0 Å². The van der Waals surface area contributed by atoms with E-state index >= 15 is 0 Å². The Morgan fingerprint density at radius 3 is 1.85 bits per heavy atom. The first-order valence-electron chi connectivity index (χ1n) is 8.89. The largest absolute Gasteiger partial charge is 0.443 e. The van der Waals surface area contributed by atoms with E-state index in [4.69, 9.17) is 9.47 Å². The van der Waals surface area contributed by atoms with Crippen molar-refractivity contribution in [3.8, 4) is 0 Å². The second-order valence-corrected chi connectivity index (χ2v) is 6.50. The van der Waals surface area contributed by atoms with E-state index in [-0.39, 0.29) is 12.6 Å². The van der Waals surface area contributed by atoms with Crippen LogP contribution in [0.3, 0.4) is 0 Å². The van der Waals surface area contributed by atoms with E-state index in [0.717, 1.165) is 22.3 Å². The van der Waals surface area contributed by atoms with Crippen molar-refractivity contribution in [3.63, 3.8) is 0 Å². The molecular weight excluding hydrogens is 336 g/mol. The molecule has 0 spiro atoms. The summed E-state index contributed by atoms with van der Waals surface area (Å²) >= 11 is 0. The van der Waals surface area contributed by atoms with E-state index in [9.17, 15) is 4.79 Å². The van der Waals surface area contributed by atoms with Crippen molar-refractivity contribution in [1.29, 1.82) is 0 Å². The fraction of sp³-hybridized carbons (Fsp3) is 0.125. The fourth-order valence-electron chi connectivity index (χ4n) is 3.71. The maximum atomic E-state index is 13.1. The summed E-state index contributed by atoms with van der Waals surface area (Å²) in [6.45, 7) is 0.239. The summed E-state index contributed by atoms with van der Waals surface area (Å²) in [6.07, 6.45) is 0. The van der Waals surface area contributed by atoms with Crippen molar-refractivity contribution in [2.45, 2.75) is 5.60 Å². The zero-order valence-electron chi connectivity index (χ0n) is 15.1. The second-order valence-electron chi connectivity index (χ2n) is 6.50. The van der Waals surface area contributed by atoms with Gasteiger partial charge in [-0.05, 0) is 11.1 Å². The minimum atomic E-state index is -0.986. The van der Waals surface area contributed by atoms with Crippen LogP contribution in [0.2, 0.25) is 0 Å². The van der Waals surface area contributed by atoms with E-state index < -0.39 is 5.60 Å². The van der Waals surface area contributed by atoms with Gasteiger partial charge >= 0.3 is 5.97 Å². The second kappa shape index (κ2) is 7.22.